The van der Waals surface area contributed by atoms with Crippen molar-refractivity contribution in [3.05, 3.63) is 59.0 Å². The van der Waals surface area contributed by atoms with Crippen LogP contribution < -0.4 is 10.5 Å². The summed E-state index contributed by atoms with van der Waals surface area (Å²) in [5.74, 6) is 1.69. The van der Waals surface area contributed by atoms with Crippen LogP contribution in [0.15, 0.2) is 47.7 Å². The Labute approximate surface area is 185 Å². The minimum atomic E-state index is -0.0910. The first kappa shape index (κ1) is 20.3. The van der Waals surface area contributed by atoms with Crippen LogP contribution in [0.4, 0.5) is 5.82 Å². The molecule has 1 aliphatic heterocycles. The van der Waals surface area contributed by atoms with E-state index in [0.29, 0.717) is 6.54 Å². The van der Waals surface area contributed by atoms with Crippen molar-refractivity contribution in [1.29, 1.82) is 0 Å². The molecule has 1 fully saturated rings. The largest absolute Gasteiger partial charge is 0.353 e. The van der Waals surface area contributed by atoms with Crippen LogP contribution in [0, 0.1) is 6.92 Å². The van der Waals surface area contributed by atoms with Gasteiger partial charge in [0.1, 0.15) is 11.6 Å². The lowest BCUT2D eigenvalue weighted by atomic mass is 10.2. The SMILES string of the molecule is Cc1nc(N2CCN(CCn3nc(-c4cccnc4)ccc3=O)CC2)c2cnn(C)c2n1. The molecular weight excluding hydrogens is 406 g/mol. The van der Waals surface area contributed by atoms with Crippen LogP contribution in [-0.4, -0.2) is 72.1 Å². The molecule has 10 nitrogen and oxygen atoms in total. The molecule has 10 heteroatoms. The molecule has 0 spiro atoms. The van der Waals surface area contributed by atoms with Gasteiger partial charge in [0.05, 0.1) is 23.8 Å². The molecule has 0 aromatic carbocycles. The fraction of sp³-hybridized carbons (Fsp3) is 0.364. The highest BCUT2D eigenvalue weighted by Crippen LogP contribution is 2.24. The van der Waals surface area contributed by atoms with Crippen molar-refractivity contribution >= 4 is 16.9 Å². The predicted molar refractivity (Wildman–Crippen MR) is 121 cm³/mol. The summed E-state index contributed by atoms with van der Waals surface area (Å²) in [6.07, 6.45) is 5.32. The van der Waals surface area contributed by atoms with E-state index in [9.17, 15) is 4.79 Å². The molecule has 4 aromatic heterocycles. The number of aromatic nitrogens is 7. The second kappa shape index (κ2) is 8.46. The third kappa shape index (κ3) is 3.96. The van der Waals surface area contributed by atoms with E-state index in [-0.39, 0.29) is 5.56 Å². The van der Waals surface area contributed by atoms with Crippen molar-refractivity contribution < 1.29 is 0 Å². The molecule has 4 aromatic rings. The molecule has 5 rings (SSSR count). The Kier molecular flexibility index (Phi) is 5.36. The molecule has 32 heavy (non-hydrogen) atoms. The molecule has 0 saturated carbocycles. The molecule has 0 atom stereocenters. The second-order valence-electron chi connectivity index (χ2n) is 7.95. The Morgan fingerprint density at radius 3 is 2.62 bits per heavy atom. The van der Waals surface area contributed by atoms with E-state index >= 15 is 0 Å². The summed E-state index contributed by atoms with van der Waals surface area (Å²) < 4.78 is 3.33. The van der Waals surface area contributed by atoms with Gasteiger partial charge in [-0.15, -0.1) is 0 Å². The number of pyridine rings is 1. The standard InChI is InChI=1S/C22H25N9O/c1-16-25-21-18(15-24-28(21)2)22(26-16)30-11-8-29(9-12-30)10-13-31-20(32)6-5-19(27-31)17-4-3-7-23-14-17/h3-7,14-15H,8-13H2,1-2H3. The molecule has 0 unspecified atom stereocenters. The van der Waals surface area contributed by atoms with E-state index in [0.717, 1.165) is 66.7 Å². The third-order valence-electron chi connectivity index (χ3n) is 5.81. The van der Waals surface area contributed by atoms with E-state index in [1.165, 1.54) is 0 Å². The highest BCUT2D eigenvalue weighted by atomic mass is 16.1. The minimum absolute atomic E-state index is 0.0910. The summed E-state index contributed by atoms with van der Waals surface area (Å²) in [7, 11) is 1.90. The number of hydrogen-bond acceptors (Lipinski definition) is 8. The molecule has 5 heterocycles. The first-order valence-corrected chi connectivity index (χ1v) is 10.7. The van der Waals surface area contributed by atoms with E-state index in [4.69, 9.17) is 0 Å². The molecular formula is C22H25N9O. The van der Waals surface area contributed by atoms with Gasteiger partial charge in [0.15, 0.2) is 5.65 Å². The van der Waals surface area contributed by atoms with Gasteiger partial charge in [-0.2, -0.15) is 10.2 Å². The van der Waals surface area contributed by atoms with Crippen molar-refractivity contribution in [2.24, 2.45) is 7.05 Å². The van der Waals surface area contributed by atoms with Crippen molar-refractivity contribution in [2.75, 3.05) is 37.6 Å². The van der Waals surface area contributed by atoms with Gasteiger partial charge >= 0.3 is 0 Å². The normalized spacial score (nSPS) is 14.9. The van der Waals surface area contributed by atoms with Crippen molar-refractivity contribution in [2.45, 2.75) is 13.5 Å². The highest BCUT2D eigenvalue weighted by molar-refractivity contribution is 5.87. The van der Waals surface area contributed by atoms with Crippen LogP contribution in [-0.2, 0) is 13.6 Å². The summed E-state index contributed by atoms with van der Waals surface area (Å²) in [5.41, 5.74) is 2.42. The number of rotatable bonds is 5. The zero-order chi connectivity index (χ0) is 22.1. The number of nitrogens with zero attached hydrogens (tertiary/aromatic N) is 9. The molecule has 0 aliphatic carbocycles. The van der Waals surface area contributed by atoms with Crippen LogP contribution in [0.5, 0.6) is 0 Å². The minimum Gasteiger partial charge on any atom is -0.353 e. The summed E-state index contributed by atoms with van der Waals surface area (Å²) in [6, 6.07) is 7.13. The average molecular weight is 432 g/mol. The van der Waals surface area contributed by atoms with E-state index < -0.39 is 0 Å². The number of piperazine rings is 1. The lowest BCUT2D eigenvalue weighted by molar-refractivity contribution is 0.242. The monoisotopic (exact) mass is 431 g/mol. The van der Waals surface area contributed by atoms with Crippen molar-refractivity contribution in [3.63, 3.8) is 0 Å². The quantitative estimate of drug-likeness (QED) is 0.464. The first-order valence-electron chi connectivity index (χ1n) is 10.7. The highest BCUT2D eigenvalue weighted by Gasteiger charge is 2.21. The van der Waals surface area contributed by atoms with Gasteiger partial charge < -0.3 is 4.90 Å². The zero-order valence-corrected chi connectivity index (χ0v) is 18.2. The maximum Gasteiger partial charge on any atom is 0.266 e. The Bertz CT molecular complexity index is 1290. The number of fused-ring (bicyclic) bond motifs is 1. The summed E-state index contributed by atoms with van der Waals surface area (Å²) in [6.45, 7) is 6.73. The Morgan fingerprint density at radius 1 is 1.00 bits per heavy atom. The lowest BCUT2D eigenvalue weighted by Crippen LogP contribution is -2.48. The molecule has 1 saturated heterocycles. The Balaban J connectivity index is 1.24. The zero-order valence-electron chi connectivity index (χ0n) is 18.2. The van der Waals surface area contributed by atoms with E-state index in [1.807, 2.05) is 32.3 Å². The maximum absolute atomic E-state index is 12.3. The number of hydrogen-bond donors (Lipinski definition) is 0. The Morgan fingerprint density at radius 2 is 1.84 bits per heavy atom. The van der Waals surface area contributed by atoms with Crippen molar-refractivity contribution in [3.8, 4) is 11.3 Å². The Hall–Kier alpha value is -3.66. The van der Waals surface area contributed by atoms with Crippen LogP contribution in [0.1, 0.15) is 5.82 Å². The second-order valence-corrected chi connectivity index (χ2v) is 7.95. The van der Waals surface area contributed by atoms with E-state index in [1.54, 1.807) is 33.9 Å². The topological polar surface area (TPSA) is 97.9 Å². The van der Waals surface area contributed by atoms with Gasteiger partial charge in [0.25, 0.3) is 5.56 Å². The molecule has 0 amide bonds. The smallest absolute Gasteiger partial charge is 0.266 e. The van der Waals surface area contributed by atoms with Crippen LogP contribution in [0.25, 0.3) is 22.3 Å². The van der Waals surface area contributed by atoms with Crippen LogP contribution in [0.3, 0.4) is 0 Å². The fourth-order valence-corrected chi connectivity index (χ4v) is 4.05. The maximum atomic E-state index is 12.3. The van der Waals surface area contributed by atoms with Crippen LogP contribution in [0.2, 0.25) is 0 Å². The van der Waals surface area contributed by atoms with Gasteiger partial charge in [0.2, 0.25) is 0 Å². The average Bonchev–Trinajstić information content (AvgIpc) is 3.19. The van der Waals surface area contributed by atoms with Gasteiger partial charge in [-0.1, -0.05) is 0 Å². The summed E-state index contributed by atoms with van der Waals surface area (Å²) in [5, 5.41) is 9.86. The molecule has 164 valence electrons. The summed E-state index contributed by atoms with van der Waals surface area (Å²) >= 11 is 0. The van der Waals surface area contributed by atoms with E-state index in [2.05, 4.69) is 34.9 Å². The molecule has 0 N–H and O–H groups in total. The van der Waals surface area contributed by atoms with Gasteiger partial charge in [-0.05, 0) is 25.1 Å². The van der Waals surface area contributed by atoms with Gasteiger partial charge in [-0.3, -0.25) is 19.4 Å². The third-order valence-corrected chi connectivity index (χ3v) is 5.81. The van der Waals surface area contributed by atoms with Crippen molar-refractivity contribution in [1.82, 2.24) is 39.4 Å². The molecule has 0 bridgehead atoms. The van der Waals surface area contributed by atoms with Crippen LogP contribution >= 0.6 is 0 Å². The number of anilines is 1. The molecule has 0 radical (unpaired) electrons. The summed E-state index contributed by atoms with van der Waals surface area (Å²) in [4.78, 5) is 30.3. The number of aryl methyl sites for hydroxylation is 2. The first-order chi connectivity index (χ1) is 15.6. The fourth-order valence-electron chi connectivity index (χ4n) is 4.05. The lowest BCUT2D eigenvalue weighted by Gasteiger charge is -2.35. The molecule has 1 aliphatic rings. The van der Waals surface area contributed by atoms with Gasteiger partial charge in [0, 0.05) is 63.8 Å². The predicted octanol–water partition coefficient (Wildman–Crippen LogP) is 1.11. The van der Waals surface area contributed by atoms with Gasteiger partial charge in [-0.25, -0.2) is 14.6 Å².